The standard InChI is InChI=1S/C22H20ClF2N5O5/c1-22(20(32)33)6-4-13(5-7-22)34-18-16(25)9-12(10-26-18)27-17(31)19-29-30-21(35-19)28-11-2-3-15(24)14(23)8-11/h2-3,8-10,13H,4-7H2,1H3,(H,27,31)(H,28,30)(H,32,33). The van der Waals surface area contributed by atoms with Gasteiger partial charge >= 0.3 is 23.8 Å². The smallest absolute Gasteiger partial charge is 0.320 e. The molecule has 0 spiro atoms. The van der Waals surface area contributed by atoms with Gasteiger partial charge in [0.05, 0.1) is 22.3 Å². The summed E-state index contributed by atoms with van der Waals surface area (Å²) in [5.41, 5.74) is -0.421. The van der Waals surface area contributed by atoms with Crippen LogP contribution in [0.3, 0.4) is 0 Å². The number of benzene rings is 1. The lowest BCUT2D eigenvalue weighted by atomic mass is 9.75. The SMILES string of the molecule is CC1(C(=O)O)CCC(Oc2ncc(NC(=O)c3nnc(Nc4ccc(F)c(Cl)c4)o3)cc2F)CC1. The first-order valence-corrected chi connectivity index (χ1v) is 10.9. The second-order valence-corrected chi connectivity index (χ2v) is 8.72. The van der Waals surface area contributed by atoms with Crippen LogP contribution in [0.15, 0.2) is 34.9 Å². The van der Waals surface area contributed by atoms with Crippen LogP contribution in [0.5, 0.6) is 5.88 Å². The van der Waals surface area contributed by atoms with Crippen molar-refractivity contribution < 1.29 is 32.6 Å². The van der Waals surface area contributed by atoms with Crippen LogP contribution in [0.2, 0.25) is 5.02 Å². The van der Waals surface area contributed by atoms with Gasteiger partial charge in [0.15, 0.2) is 5.82 Å². The summed E-state index contributed by atoms with van der Waals surface area (Å²) < 4.78 is 38.6. The van der Waals surface area contributed by atoms with E-state index >= 15 is 0 Å². The molecule has 2 heterocycles. The first-order chi connectivity index (χ1) is 16.6. The van der Waals surface area contributed by atoms with E-state index < -0.39 is 34.8 Å². The van der Waals surface area contributed by atoms with Gasteiger partial charge in [-0.15, -0.1) is 5.10 Å². The molecule has 184 valence electrons. The molecule has 1 aromatic carbocycles. The van der Waals surface area contributed by atoms with Gasteiger partial charge in [0.1, 0.15) is 11.9 Å². The molecule has 1 fully saturated rings. The summed E-state index contributed by atoms with van der Waals surface area (Å²) in [5, 5.41) is 21.5. The lowest BCUT2D eigenvalue weighted by Gasteiger charge is -2.33. The van der Waals surface area contributed by atoms with Crippen molar-refractivity contribution in [2.75, 3.05) is 10.6 Å². The molecular weight excluding hydrogens is 488 g/mol. The lowest BCUT2D eigenvalue weighted by Crippen LogP contribution is -2.36. The minimum absolute atomic E-state index is 0.0278. The van der Waals surface area contributed by atoms with Crippen LogP contribution < -0.4 is 15.4 Å². The molecule has 0 unspecified atom stereocenters. The molecule has 3 aromatic rings. The number of nitrogens with one attached hydrogen (secondary N) is 2. The van der Waals surface area contributed by atoms with Gasteiger partial charge in [-0.1, -0.05) is 16.7 Å². The number of aliphatic carboxylic acids is 1. The number of rotatable bonds is 7. The zero-order chi connectivity index (χ0) is 25.2. The van der Waals surface area contributed by atoms with Crippen molar-refractivity contribution in [1.82, 2.24) is 15.2 Å². The number of pyridine rings is 1. The summed E-state index contributed by atoms with van der Waals surface area (Å²) in [6.45, 7) is 1.68. The van der Waals surface area contributed by atoms with Gasteiger partial charge in [0.2, 0.25) is 0 Å². The van der Waals surface area contributed by atoms with Crippen LogP contribution in [-0.2, 0) is 4.79 Å². The van der Waals surface area contributed by atoms with Crippen molar-refractivity contribution in [2.45, 2.75) is 38.7 Å². The van der Waals surface area contributed by atoms with Crippen LogP contribution >= 0.6 is 11.6 Å². The van der Waals surface area contributed by atoms with Crippen LogP contribution in [0.4, 0.5) is 26.2 Å². The Hall–Kier alpha value is -3.80. The monoisotopic (exact) mass is 507 g/mol. The molecule has 0 bridgehead atoms. The molecule has 10 nitrogen and oxygen atoms in total. The zero-order valence-electron chi connectivity index (χ0n) is 18.3. The van der Waals surface area contributed by atoms with Crippen LogP contribution in [-0.4, -0.2) is 38.3 Å². The van der Waals surface area contributed by atoms with Crippen molar-refractivity contribution in [1.29, 1.82) is 0 Å². The predicted octanol–water partition coefficient (Wildman–Crippen LogP) is 4.80. The number of carbonyl (C=O) groups is 2. The van der Waals surface area contributed by atoms with E-state index in [4.69, 9.17) is 20.8 Å². The molecule has 1 amide bonds. The molecule has 2 aromatic heterocycles. The quantitative estimate of drug-likeness (QED) is 0.411. The number of hydrogen-bond donors (Lipinski definition) is 3. The first-order valence-electron chi connectivity index (χ1n) is 10.6. The van der Waals surface area contributed by atoms with Gasteiger partial charge in [-0.2, -0.15) is 0 Å². The molecule has 1 saturated carbocycles. The third-order valence-electron chi connectivity index (χ3n) is 5.69. The fraction of sp³-hybridized carbons (Fsp3) is 0.318. The average Bonchev–Trinajstić information content (AvgIpc) is 3.28. The lowest BCUT2D eigenvalue weighted by molar-refractivity contribution is -0.150. The third kappa shape index (κ3) is 5.65. The topological polar surface area (TPSA) is 139 Å². The average molecular weight is 508 g/mol. The van der Waals surface area contributed by atoms with E-state index in [-0.39, 0.29) is 28.7 Å². The fourth-order valence-electron chi connectivity index (χ4n) is 3.55. The number of nitrogens with zero attached hydrogens (tertiary/aromatic N) is 3. The molecule has 4 rings (SSSR count). The highest BCUT2D eigenvalue weighted by atomic mass is 35.5. The Morgan fingerprint density at radius 2 is 1.91 bits per heavy atom. The maximum absolute atomic E-state index is 14.5. The molecule has 0 atom stereocenters. The van der Waals surface area contributed by atoms with Crippen molar-refractivity contribution in [3.05, 3.63) is 53.0 Å². The zero-order valence-corrected chi connectivity index (χ0v) is 19.1. The van der Waals surface area contributed by atoms with E-state index in [1.165, 1.54) is 18.3 Å². The Labute approximate surface area is 202 Å². The van der Waals surface area contributed by atoms with Gasteiger partial charge in [0, 0.05) is 11.8 Å². The second-order valence-electron chi connectivity index (χ2n) is 8.31. The van der Waals surface area contributed by atoms with Crippen LogP contribution in [0, 0.1) is 17.0 Å². The number of aromatic nitrogens is 3. The Morgan fingerprint density at radius 1 is 1.17 bits per heavy atom. The van der Waals surface area contributed by atoms with E-state index in [9.17, 15) is 23.5 Å². The maximum atomic E-state index is 14.5. The highest BCUT2D eigenvalue weighted by molar-refractivity contribution is 6.31. The van der Waals surface area contributed by atoms with Crippen molar-refractivity contribution >= 4 is 40.9 Å². The molecule has 3 N–H and O–H groups in total. The Bertz CT molecular complexity index is 1260. The minimum atomic E-state index is -0.857. The van der Waals surface area contributed by atoms with E-state index in [0.29, 0.717) is 31.4 Å². The molecule has 1 aliphatic carbocycles. The number of carboxylic acid groups (broad SMARTS) is 1. The predicted molar refractivity (Wildman–Crippen MR) is 120 cm³/mol. The van der Waals surface area contributed by atoms with E-state index in [1.807, 2.05) is 0 Å². The highest BCUT2D eigenvalue weighted by Crippen LogP contribution is 2.37. The van der Waals surface area contributed by atoms with Gasteiger partial charge in [-0.3, -0.25) is 9.59 Å². The summed E-state index contributed by atoms with van der Waals surface area (Å²) in [5.74, 6) is -3.71. The number of halogens is 3. The van der Waals surface area contributed by atoms with Crippen LogP contribution in [0.25, 0.3) is 0 Å². The Morgan fingerprint density at radius 3 is 2.57 bits per heavy atom. The normalized spacial score (nSPS) is 19.7. The summed E-state index contributed by atoms with van der Waals surface area (Å²) >= 11 is 5.71. The molecule has 35 heavy (non-hydrogen) atoms. The van der Waals surface area contributed by atoms with Gasteiger partial charge < -0.3 is 24.9 Å². The largest absolute Gasteiger partial charge is 0.481 e. The number of carboxylic acids is 1. The maximum Gasteiger partial charge on any atom is 0.320 e. The van der Waals surface area contributed by atoms with Crippen molar-refractivity contribution in [3.63, 3.8) is 0 Å². The Kier molecular flexibility index (Phi) is 6.83. The molecule has 0 saturated heterocycles. The molecule has 1 aliphatic rings. The van der Waals surface area contributed by atoms with Crippen LogP contribution in [0.1, 0.15) is 43.3 Å². The molecular formula is C22H20ClF2N5O5. The second kappa shape index (κ2) is 9.82. The van der Waals surface area contributed by atoms with E-state index in [1.54, 1.807) is 6.92 Å². The first kappa shape index (κ1) is 24.3. The third-order valence-corrected chi connectivity index (χ3v) is 5.98. The molecule has 0 aliphatic heterocycles. The Balaban J connectivity index is 1.34. The fourth-order valence-corrected chi connectivity index (χ4v) is 3.73. The van der Waals surface area contributed by atoms with Gasteiger partial charge in [0.25, 0.3) is 5.88 Å². The van der Waals surface area contributed by atoms with Crippen molar-refractivity contribution in [3.8, 4) is 5.88 Å². The van der Waals surface area contributed by atoms with E-state index in [0.717, 1.165) is 12.1 Å². The number of carbonyl (C=O) groups excluding carboxylic acids is 1. The minimum Gasteiger partial charge on any atom is -0.481 e. The molecule has 0 radical (unpaired) electrons. The van der Waals surface area contributed by atoms with E-state index in [2.05, 4.69) is 25.8 Å². The number of anilines is 3. The summed E-state index contributed by atoms with van der Waals surface area (Å²) in [6.07, 6.45) is 2.59. The summed E-state index contributed by atoms with van der Waals surface area (Å²) in [7, 11) is 0. The van der Waals surface area contributed by atoms with Gasteiger partial charge in [-0.05, 0) is 50.8 Å². The summed E-state index contributed by atoms with van der Waals surface area (Å²) in [6, 6.07) is 4.72. The number of hydrogen-bond acceptors (Lipinski definition) is 8. The highest BCUT2D eigenvalue weighted by Gasteiger charge is 2.38. The van der Waals surface area contributed by atoms with Crippen molar-refractivity contribution in [2.24, 2.45) is 5.41 Å². The number of amides is 1. The van der Waals surface area contributed by atoms with Gasteiger partial charge in [-0.25, -0.2) is 13.8 Å². The molecule has 13 heteroatoms. The summed E-state index contributed by atoms with van der Waals surface area (Å²) in [4.78, 5) is 27.6. The number of ether oxygens (including phenoxy) is 1.